The third kappa shape index (κ3) is 4.43. The number of aliphatic hydroxyl groups is 2. The minimum Gasteiger partial charge on any atom is -0.446 e. The summed E-state index contributed by atoms with van der Waals surface area (Å²) in [5, 5.41) is 28.6. The van der Waals surface area contributed by atoms with Crippen LogP contribution in [-0.2, 0) is 9.47 Å². The van der Waals surface area contributed by atoms with Crippen LogP contribution in [0.25, 0.3) is 0 Å². The summed E-state index contributed by atoms with van der Waals surface area (Å²) >= 11 is 0. The van der Waals surface area contributed by atoms with Crippen molar-refractivity contribution in [3.05, 3.63) is 0 Å². The van der Waals surface area contributed by atoms with E-state index in [1.165, 1.54) is 25.7 Å². The first kappa shape index (κ1) is 32.1. The van der Waals surface area contributed by atoms with Crippen LogP contribution in [-0.4, -0.2) is 66.0 Å². The molecule has 43 heavy (non-hydrogen) atoms. The van der Waals surface area contributed by atoms with E-state index in [1.807, 2.05) is 20.8 Å². The van der Waals surface area contributed by atoms with Gasteiger partial charge in [0, 0.05) is 25.1 Å². The smallest absolute Gasteiger partial charge is 0.407 e. The van der Waals surface area contributed by atoms with Gasteiger partial charge < -0.3 is 30.3 Å². The zero-order valence-electron chi connectivity index (χ0n) is 28.4. The van der Waals surface area contributed by atoms with Gasteiger partial charge in [-0.1, -0.05) is 41.0 Å². The van der Waals surface area contributed by atoms with Crippen LogP contribution < -0.4 is 10.6 Å². The van der Waals surface area contributed by atoms with Gasteiger partial charge in [0.2, 0.25) is 0 Å². The first-order valence-corrected chi connectivity index (χ1v) is 17.8. The minimum atomic E-state index is -0.856. The van der Waals surface area contributed by atoms with E-state index in [1.54, 1.807) is 0 Å². The van der Waals surface area contributed by atoms with Crippen molar-refractivity contribution < 1.29 is 24.5 Å². The van der Waals surface area contributed by atoms with Crippen LogP contribution in [0.15, 0.2) is 0 Å². The molecule has 1 aliphatic heterocycles. The molecule has 3 unspecified atom stereocenters. The Morgan fingerprint density at radius 2 is 1.70 bits per heavy atom. The van der Waals surface area contributed by atoms with Gasteiger partial charge in [0.15, 0.2) is 0 Å². The van der Waals surface area contributed by atoms with Crippen LogP contribution in [0, 0.1) is 50.7 Å². The lowest BCUT2D eigenvalue weighted by Gasteiger charge is -2.63. The number of aliphatic hydroxyl groups excluding tert-OH is 1. The van der Waals surface area contributed by atoms with E-state index in [0.717, 1.165) is 51.6 Å². The van der Waals surface area contributed by atoms with Gasteiger partial charge in [-0.2, -0.15) is 0 Å². The molecule has 246 valence electrons. The fraction of sp³-hybridized carbons (Fsp3) is 0.972. The summed E-state index contributed by atoms with van der Waals surface area (Å²) in [6.07, 6.45) is 10.0. The summed E-state index contributed by atoms with van der Waals surface area (Å²) in [6.45, 7) is 20.4. The topological polar surface area (TPSA) is 100 Å². The third-order valence-corrected chi connectivity index (χ3v) is 15.4. The molecule has 0 aromatic rings. The van der Waals surface area contributed by atoms with E-state index >= 15 is 0 Å². The maximum Gasteiger partial charge on any atom is 0.407 e. The maximum atomic E-state index is 12.8. The lowest BCUT2D eigenvalue weighted by atomic mass is 9.42. The summed E-state index contributed by atoms with van der Waals surface area (Å²) in [5.41, 5.74) is 0.0266. The van der Waals surface area contributed by atoms with Gasteiger partial charge in [0.25, 0.3) is 0 Å². The molecule has 0 aromatic carbocycles. The zero-order chi connectivity index (χ0) is 31.2. The average Bonchev–Trinajstić information content (AvgIpc) is 3.35. The normalized spacial score (nSPS) is 47.3. The monoisotopic (exact) mass is 602 g/mol. The summed E-state index contributed by atoms with van der Waals surface area (Å²) in [4.78, 5) is 12.8. The molecule has 5 saturated carbocycles. The predicted octanol–water partition coefficient (Wildman–Crippen LogP) is 6.06. The Balaban J connectivity index is 1.18. The zero-order valence-corrected chi connectivity index (χ0v) is 28.4. The highest BCUT2D eigenvalue weighted by molar-refractivity contribution is 5.68. The Labute approximate surface area is 261 Å². The molecular weight excluding hydrogens is 540 g/mol. The van der Waals surface area contributed by atoms with E-state index in [0.29, 0.717) is 41.1 Å². The molecule has 6 aliphatic rings. The number of carbonyl (C=O) groups is 1. The van der Waals surface area contributed by atoms with E-state index < -0.39 is 5.60 Å². The summed E-state index contributed by atoms with van der Waals surface area (Å²) in [6, 6.07) is 0.197. The maximum absolute atomic E-state index is 12.8. The number of amides is 1. The second-order valence-corrected chi connectivity index (χ2v) is 17.5. The summed E-state index contributed by atoms with van der Waals surface area (Å²) < 4.78 is 12.1. The molecule has 5 aliphatic carbocycles. The molecule has 1 heterocycles. The Kier molecular flexibility index (Phi) is 7.88. The van der Waals surface area contributed by atoms with Crippen molar-refractivity contribution in [3.63, 3.8) is 0 Å². The Morgan fingerprint density at radius 1 is 1.02 bits per heavy atom. The molecule has 11 atom stereocenters. The molecule has 1 amide bonds. The Bertz CT molecular complexity index is 1070. The van der Waals surface area contributed by atoms with Crippen molar-refractivity contribution in [1.82, 2.24) is 10.6 Å². The third-order valence-electron chi connectivity index (χ3n) is 15.4. The molecule has 1 saturated heterocycles. The predicted molar refractivity (Wildman–Crippen MR) is 168 cm³/mol. The number of nitrogens with one attached hydrogen (secondary N) is 2. The largest absolute Gasteiger partial charge is 0.446 e. The number of carbonyl (C=O) groups excluding carboxylic acids is 1. The number of fused-ring (bicyclic) bond motifs is 2. The summed E-state index contributed by atoms with van der Waals surface area (Å²) in [7, 11) is 0. The SMILES string of the molecule is CCO[C@@H](CCCC1[C@H](O)C[C@@]2(C)[C@@H]3CCC4C(C)(C)[C@@H](OC(=O)NC5CNC5)CCC45[C@@H](C)[C@@]35CC[C@]12C)C(C)(C)O. The quantitative estimate of drug-likeness (QED) is 0.256. The molecule has 0 radical (unpaired) electrons. The number of alkyl carbamates (subject to hydrolysis) is 1. The molecule has 6 fully saturated rings. The van der Waals surface area contributed by atoms with Crippen LogP contribution in [0.5, 0.6) is 0 Å². The standard InChI is InChI=1S/C36H62N2O5/c1-9-42-29(32(5,6)41)12-10-11-24-25(39)19-34(8)27-14-13-26-31(3,4)28(43-30(40)38-23-20-37-21-23)15-16-35(26)22(2)36(27,35)18-17-33(24,34)7/h22-29,37,39,41H,9-21H2,1-8H3,(H,38,40)/t22-,24?,25-,26?,27+,28+,29+,33-,34+,35?,36+/m1/s1. The van der Waals surface area contributed by atoms with Gasteiger partial charge in [-0.15, -0.1) is 0 Å². The van der Waals surface area contributed by atoms with Crippen LogP contribution in [0.1, 0.15) is 120 Å². The van der Waals surface area contributed by atoms with Crippen LogP contribution >= 0.6 is 0 Å². The minimum absolute atomic E-state index is 0.0379. The Morgan fingerprint density at radius 3 is 2.33 bits per heavy atom. The highest BCUT2D eigenvalue weighted by atomic mass is 16.6. The van der Waals surface area contributed by atoms with E-state index in [4.69, 9.17) is 9.47 Å². The second kappa shape index (κ2) is 10.6. The van der Waals surface area contributed by atoms with Crippen molar-refractivity contribution in [2.45, 2.75) is 150 Å². The molecule has 6 rings (SSSR count). The molecular formula is C36H62N2O5. The van der Waals surface area contributed by atoms with Crippen LogP contribution in [0.3, 0.4) is 0 Å². The van der Waals surface area contributed by atoms with Gasteiger partial charge in [0.05, 0.1) is 23.9 Å². The van der Waals surface area contributed by atoms with Gasteiger partial charge in [-0.3, -0.25) is 0 Å². The average molecular weight is 603 g/mol. The molecule has 0 bridgehead atoms. The number of hydrogen-bond acceptors (Lipinski definition) is 6. The lowest BCUT2D eigenvalue weighted by Crippen LogP contribution is -2.59. The summed E-state index contributed by atoms with van der Waals surface area (Å²) in [5.74, 6) is 2.19. The fourth-order valence-electron chi connectivity index (χ4n) is 13.1. The van der Waals surface area contributed by atoms with Crippen molar-refractivity contribution in [2.24, 2.45) is 50.7 Å². The fourth-order valence-corrected chi connectivity index (χ4v) is 13.1. The van der Waals surface area contributed by atoms with E-state index in [9.17, 15) is 15.0 Å². The van der Waals surface area contributed by atoms with Gasteiger partial charge >= 0.3 is 6.09 Å². The molecule has 0 aromatic heterocycles. The lowest BCUT2D eigenvalue weighted by molar-refractivity contribution is -0.160. The van der Waals surface area contributed by atoms with Gasteiger partial charge in [0.1, 0.15) is 6.10 Å². The number of hydrogen-bond donors (Lipinski definition) is 4. The second-order valence-electron chi connectivity index (χ2n) is 17.5. The van der Waals surface area contributed by atoms with Crippen LogP contribution in [0.4, 0.5) is 4.79 Å². The first-order chi connectivity index (χ1) is 20.1. The van der Waals surface area contributed by atoms with Crippen molar-refractivity contribution in [3.8, 4) is 0 Å². The molecule has 7 heteroatoms. The highest BCUT2D eigenvalue weighted by Gasteiger charge is 2.86. The van der Waals surface area contributed by atoms with Crippen LogP contribution in [0.2, 0.25) is 0 Å². The first-order valence-electron chi connectivity index (χ1n) is 17.8. The van der Waals surface area contributed by atoms with Crippen molar-refractivity contribution >= 4 is 6.09 Å². The van der Waals surface area contributed by atoms with Crippen molar-refractivity contribution in [2.75, 3.05) is 19.7 Å². The molecule has 4 N–H and O–H groups in total. The van der Waals surface area contributed by atoms with Crippen molar-refractivity contribution in [1.29, 1.82) is 0 Å². The molecule has 7 nitrogen and oxygen atoms in total. The number of rotatable bonds is 9. The highest BCUT2D eigenvalue weighted by Crippen LogP contribution is 2.91. The number of ether oxygens (including phenoxy) is 2. The van der Waals surface area contributed by atoms with E-state index in [2.05, 4.69) is 45.3 Å². The Hall–Kier alpha value is -0.890. The van der Waals surface area contributed by atoms with Gasteiger partial charge in [-0.05, 0) is 124 Å². The van der Waals surface area contributed by atoms with E-state index in [-0.39, 0.29) is 46.7 Å². The van der Waals surface area contributed by atoms with Gasteiger partial charge in [-0.25, -0.2) is 4.79 Å². The molecule has 2 spiro atoms.